The van der Waals surface area contributed by atoms with Gasteiger partial charge in [0.15, 0.2) is 0 Å². The standard InChI is InChI=1S/C8H6BrNO3/c9-6-3-5(1-2-7(11)12)8(13)10-4-6/h1-4H,(H,10,13)(H,11,12). The molecule has 68 valence electrons. The van der Waals surface area contributed by atoms with Crippen LogP contribution < -0.4 is 5.56 Å². The number of carbonyl (C=O) groups is 1. The van der Waals surface area contributed by atoms with Crippen molar-refractivity contribution in [2.24, 2.45) is 0 Å². The number of aliphatic carboxylic acids is 1. The second kappa shape index (κ2) is 4.04. The zero-order valence-corrected chi connectivity index (χ0v) is 8.04. The summed E-state index contributed by atoms with van der Waals surface area (Å²) in [6.45, 7) is 0. The topological polar surface area (TPSA) is 70.2 Å². The molecule has 4 nitrogen and oxygen atoms in total. The van der Waals surface area contributed by atoms with Gasteiger partial charge in [0.25, 0.3) is 5.56 Å². The van der Waals surface area contributed by atoms with E-state index in [1.54, 1.807) is 0 Å². The molecule has 0 saturated carbocycles. The number of H-pyrrole nitrogens is 1. The number of hydrogen-bond donors (Lipinski definition) is 2. The first kappa shape index (κ1) is 9.73. The van der Waals surface area contributed by atoms with Crippen molar-refractivity contribution in [1.82, 2.24) is 4.98 Å². The number of rotatable bonds is 2. The molecule has 0 aliphatic heterocycles. The molecule has 0 aromatic carbocycles. The molecule has 2 N–H and O–H groups in total. The normalized spacial score (nSPS) is 10.5. The Kier molecular flexibility index (Phi) is 3.02. The fourth-order valence-electron chi connectivity index (χ4n) is 0.758. The quantitative estimate of drug-likeness (QED) is 0.768. The number of hydrogen-bond acceptors (Lipinski definition) is 2. The van der Waals surface area contributed by atoms with E-state index in [0.717, 1.165) is 6.08 Å². The molecule has 0 aliphatic carbocycles. The highest BCUT2D eigenvalue weighted by atomic mass is 79.9. The predicted molar refractivity (Wildman–Crippen MR) is 51.4 cm³/mol. The lowest BCUT2D eigenvalue weighted by molar-refractivity contribution is -0.131. The van der Waals surface area contributed by atoms with Crippen LogP contribution in [0.5, 0.6) is 0 Å². The Bertz CT molecular complexity index is 408. The molecule has 0 fully saturated rings. The molecule has 0 radical (unpaired) electrons. The first-order valence-corrected chi connectivity index (χ1v) is 4.18. The van der Waals surface area contributed by atoms with Gasteiger partial charge >= 0.3 is 5.97 Å². The first-order chi connectivity index (χ1) is 6.09. The summed E-state index contributed by atoms with van der Waals surface area (Å²) in [4.78, 5) is 23.7. The van der Waals surface area contributed by atoms with E-state index in [1.807, 2.05) is 0 Å². The minimum absolute atomic E-state index is 0.303. The van der Waals surface area contributed by atoms with Gasteiger partial charge in [0.2, 0.25) is 0 Å². The Morgan fingerprint density at radius 3 is 2.92 bits per heavy atom. The average Bonchev–Trinajstić information content (AvgIpc) is 2.06. The summed E-state index contributed by atoms with van der Waals surface area (Å²) in [7, 11) is 0. The number of carboxylic acids is 1. The van der Waals surface area contributed by atoms with E-state index >= 15 is 0 Å². The zero-order chi connectivity index (χ0) is 9.84. The number of pyridine rings is 1. The Morgan fingerprint density at radius 2 is 2.31 bits per heavy atom. The fraction of sp³-hybridized carbons (Fsp3) is 0. The van der Waals surface area contributed by atoms with Crippen LogP contribution in [-0.4, -0.2) is 16.1 Å². The maximum absolute atomic E-state index is 11.1. The maximum atomic E-state index is 11.1. The Hall–Kier alpha value is -1.36. The van der Waals surface area contributed by atoms with Gasteiger partial charge in [-0.25, -0.2) is 4.79 Å². The second-order valence-electron chi connectivity index (χ2n) is 2.27. The summed E-state index contributed by atoms with van der Waals surface area (Å²) >= 11 is 3.15. The average molecular weight is 244 g/mol. The van der Waals surface area contributed by atoms with Crippen molar-refractivity contribution >= 4 is 28.0 Å². The molecule has 1 aromatic rings. The molecular weight excluding hydrogens is 238 g/mol. The molecule has 1 rings (SSSR count). The minimum atomic E-state index is -1.08. The van der Waals surface area contributed by atoms with Gasteiger partial charge in [-0.3, -0.25) is 4.79 Å². The molecule has 1 aromatic heterocycles. The summed E-state index contributed by atoms with van der Waals surface area (Å²) in [5.74, 6) is -1.08. The van der Waals surface area contributed by atoms with Gasteiger partial charge in [-0.2, -0.15) is 0 Å². The van der Waals surface area contributed by atoms with Crippen LogP contribution in [0, 0.1) is 0 Å². The zero-order valence-electron chi connectivity index (χ0n) is 6.45. The SMILES string of the molecule is O=C(O)C=Cc1cc(Br)c[nH]c1=O. The number of nitrogens with one attached hydrogen (secondary N) is 1. The lowest BCUT2D eigenvalue weighted by Crippen LogP contribution is -2.07. The third-order valence-corrected chi connectivity index (χ3v) is 1.76. The van der Waals surface area contributed by atoms with Crippen LogP contribution in [0.2, 0.25) is 0 Å². The highest BCUT2D eigenvalue weighted by Crippen LogP contribution is 2.07. The Balaban J connectivity index is 3.07. The van der Waals surface area contributed by atoms with Crippen LogP contribution in [0.15, 0.2) is 27.6 Å². The summed E-state index contributed by atoms with van der Waals surface area (Å²) in [6, 6.07) is 1.54. The van der Waals surface area contributed by atoms with E-state index < -0.39 is 5.97 Å². The highest BCUT2D eigenvalue weighted by molar-refractivity contribution is 9.10. The van der Waals surface area contributed by atoms with Crippen molar-refractivity contribution in [3.05, 3.63) is 38.7 Å². The van der Waals surface area contributed by atoms with Crippen LogP contribution in [0.25, 0.3) is 6.08 Å². The fourth-order valence-corrected chi connectivity index (χ4v) is 1.12. The minimum Gasteiger partial charge on any atom is -0.478 e. The summed E-state index contributed by atoms with van der Waals surface area (Å²) in [5, 5.41) is 8.32. The third-order valence-electron chi connectivity index (χ3n) is 1.30. The molecular formula is C8H6BrNO3. The van der Waals surface area contributed by atoms with Gasteiger partial charge in [0.1, 0.15) is 0 Å². The third kappa shape index (κ3) is 2.87. The van der Waals surface area contributed by atoms with E-state index in [9.17, 15) is 9.59 Å². The van der Waals surface area contributed by atoms with E-state index in [0.29, 0.717) is 10.0 Å². The number of aromatic nitrogens is 1. The molecule has 13 heavy (non-hydrogen) atoms. The molecule has 5 heteroatoms. The van der Waals surface area contributed by atoms with Gasteiger partial charge in [-0.1, -0.05) is 0 Å². The predicted octanol–water partition coefficient (Wildman–Crippen LogP) is 1.24. The Morgan fingerprint density at radius 1 is 1.62 bits per heavy atom. The molecule has 0 aliphatic rings. The summed E-state index contributed by atoms with van der Waals surface area (Å²) < 4.78 is 0.692. The second-order valence-corrected chi connectivity index (χ2v) is 3.19. The molecule has 0 amide bonds. The Labute approximate surface area is 82.0 Å². The van der Waals surface area contributed by atoms with Gasteiger partial charge in [-0.15, -0.1) is 0 Å². The smallest absolute Gasteiger partial charge is 0.328 e. The summed E-state index contributed by atoms with van der Waals surface area (Å²) in [5.41, 5.74) is -0.0162. The van der Waals surface area contributed by atoms with E-state index in [1.165, 1.54) is 18.3 Å². The van der Waals surface area contributed by atoms with Crippen LogP contribution >= 0.6 is 15.9 Å². The molecule has 0 bridgehead atoms. The molecule has 0 atom stereocenters. The monoisotopic (exact) mass is 243 g/mol. The van der Waals surface area contributed by atoms with Crippen molar-refractivity contribution < 1.29 is 9.90 Å². The van der Waals surface area contributed by atoms with Crippen LogP contribution in [0.4, 0.5) is 0 Å². The lowest BCUT2D eigenvalue weighted by atomic mass is 10.2. The van der Waals surface area contributed by atoms with Crippen LogP contribution in [-0.2, 0) is 4.79 Å². The van der Waals surface area contributed by atoms with Crippen molar-refractivity contribution in [2.45, 2.75) is 0 Å². The van der Waals surface area contributed by atoms with Crippen molar-refractivity contribution in [1.29, 1.82) is 0 Å². The number of halogens is 1. The number of carboxylic acid groups (broad SMARTS) is 1. The molecule has 0 saturated heterocycles. The van der Waals surface area contributed by atoms with Crippen molar-refractivity contribution in [2.75, 3.05) is 0 Å². The van der Waals surface area contributed by atoms with E-state index in [-0.39, 0.29) is 5.56 Å². The van der Waals surface area contributed by atoms with Gasteiger partial charge in [0.05, 0.1) is 0 Å². The molecule has 0 spiro atoms. The lowest BCUT2D eigenvalue weighted by Gasteiger charge is -1.92. The van der Waals surface area contributed by atoms with Gasteiger partial charge in [-0.05, 0) is 28.1 Å². The van der Waals surface area contributed by atoms with Gasteiger partial charge < -0.3 is 10.1 Å². The summed E-state index contributed by atoms with van der Waals surface area (Å²) in [6.07, 6.45) is 3.64. The van der Waals surface area contributed by atoms with Crippen molar-refractivity contribution in [3.8, 4) is 0 Å². The van der Waals surface area contributed by atoms with Crippen LogP contribution in [0.1, 0.15) is 5.56 Å². The van der Waals surface area contributed by atoms with Crippen LogP contribution in [0.3, 0.4) is 0 Å². The molecule has 1 heterocycles. The van der Waals surface area contributed by atoms with E-state index in [2.05, 4.69) is 20.9 Å². The molecule has 0 unspecified atom stereocenters. The van der Waals surface area contributed by atoms with E-state index in [4.69, 9.17) is 5.11 Å². The highest BCUT2D eigenvalue weighted by Gasteiger charge is 1.96. The largest absolute Gasteiger partial charge is 0.478 e. The van der Waals surface area contributed by atoms with Gasteiger partial charge in [0, 0.05) is 22.3 Å². The first-order valence-electron chi connectivity index (χ1n) is 3.39. The van der Waals surface area contributed by atoms with Crippen molar-refractivity contribution in [3.63, 3.8) is 0 Å². The number of aromatic amines is 1. The maximum Gasteiger partial charge on any atom is 0.328 e.